The highest BCUT2D eigenvalue weighted by Crippen LogP contribution is 2.67. The minimum Gasteiger partial charge on any atom is -0.431 e. The Kier molecular flexibility index (Phi) is 5.85. The smallest absolute Gasteiger partial charge is 0.309 e. The van der Waals surface area contributed by atoms with Crippen molar-refractivity contribution in [3.8, 4) is 11.3 Å². The maximum atomic E-state index is 14.5. The van der Waals surface area contributed by atoms with Gasteiger partial charge in [0.05, 0.1) is 23.2 Å². The van der Waals surface area contributed by atoms with Gasteiger partial charge in [0, 0.05) is 18.5 Å². The molecule has 1 amide bonds. The number of benzene rings is 1. The number of oxazole rings is 1. The van der Waals surface area contributed by atoms with E-state index in [0.29, 0.717) is 13.1 Å². The molecule has 5 rings (SSSR count). The number of anilines is 1. The van der Waals surface area contributed by atoms with E-state index in [-0.39, 0.29) is 34.3 Å². The van der Waals surface area contributed by atoms with Crippen molar-refractivity contribution >= 4 is 21.9 Å². The lowest BCUT2D eigenvalue weighted by Crippen LogP contribution is -2.48. The van der Waals surface area contributed by atoms with Gasteiger partial charge in [-0.25, -0.2) is 21.9 Å². The molecule has 37 heavy (non-hydrogen) atoms. The first kappa shape index (κ1) is 25.2. The van der Waals surface area contributed by atoms with Gasteiger partial charge in [-0.1, -0.05) is 19.9 Å². The summed E-state index contributed by atoms with van der Waals surface area (Å²) in [5.41, 5.74) is 0.707. The van der Waals surface area contributed by atoms with Crippen molar-refractivity contribution in [1.29, 1.82) is 0 Å². The monoisotopic (exact) mass is 531 g/mol. The van der Waals surface area contributed by atoms with Crippen LogP contribution in [0.5, 0.6) is 0 Å². The average Bonchev–Trinajstić information content (AvgIpc) is 3.43. The Morgan fingerprint density at radius 3 is 2.59 bits per heavy atom. The van der Waals surface area contributed by atoms with Crippen molar-refractivity contribution in [3.63, 3.8) is 0 Å². The van der Waals surface area contributed by atoms with Crippen molar-refractivity contribution in [1.82, 2.24) is 20.1 Å². The van der Waals surface area contributed by atoms with Crippen molar-refractivity contribution in [3.05, 3.63) is 59.1 Å². The summed E-state index contributed by atoms with van der Waals surface area (Å²) in [6, 6.07) is 5.13. The highest BCUT2D eigenvalue weighted by molar-refractivity contribution is 7.91. The maximum absolute atomic E-state index is 14.5. The van der Waals surface area contributed by atoms with Crippen LogP contribution in [0.3, 0.4) is 0 Å². The molecule has 0 aliphatic heterocycles. The molecule has 0 saturated heterocycles. The summed E-state index contributed by atoms with van der Waals surface area (Å²) in [5.74, 6) is -1.73. The molecule has 1 saturated carbocycles. The van der Waals surface area contributed by atoms with E-state index < -0.39 is 33.0 Å². The summed E-state index contributed by atoms with van der Waals surface area (Å²) in [6.45, 7) is 6.78. The second kappa shape index (κ2) is 8.57. The second-order valence-electron chi connectivity index (χ2n) is 10.3. The predicted octanol–water partition coefficient (Wildman–Crippen LogP) is 4.10. The van der Waals surface area contributed by atoms with E-state index in [9.17, 15) is 22.0 Å². The molecule has 9 nitrogen and oxygen atoms in total. The molecule has 1 N–H and O–H groups in total. The standard InChI is InChI=1S/C25H27F2N5O4S/c1-5-32(22(33)19-12-36-23(28-19)31-37(4,34)35)13-25-10-9-15(24(25,2)3)14-11-18(29-30-21(14)25)20-16(26)7-6-8-17(20)27/h6-8,11-12,15H,5,9-10,13H2,1-4H3,(H,28,31)/t15-,25-/m0/s1. The van der Waals surface area contributed by atoms with E-state index in [2.05, 4.69) is 33.8 Å². The van der Waals surface area contributed by atoms with E-state index in [1.807, 2.05) is 6.92 Å². The van der Waals surface area contributed by atoms with Crippen molar-refractivity contribution in [2.75, 3.05) is 24.1 Å². The molecule has 0 spiro atoms. The van der Waals surface area contributed by atoms with Gasteiger partial charge in [-0.2, -0.15) is 15.2 Å². The van der Waals surface area contributed by atoms with Gasteiger partial charge in [0.2, 0.25) is 10.0 Å². The van der Waals surface area contributed by atoms with E-state index in [4.69, 9.17) is 4.42 Å². The Morgan fingerprint density at radius 2 is 1.95 bits per heavy atom. The largest absolute Gasteiger partial charge is 0.431 e. The van der Waals surface area contributed by atoms with Crippen molar-refractivity contribution in [2.24, 2.45) is 5.41 Å². The molecule has 2 aliphatic rings. The minimum absolute atomic E-state index is 0.0218. The fraction of sp³-hybridized carbons (Fsp3) is 0.440. The number of carbonyl (C=O) groups is 1. The zero-order valence-corrected chi connectivity index (χ0v) is 21.7. The highest BCUT2D eigenvalue weighted by atomic mass is 32.2. The zero-order chi connectivity index (χ0) is 26.8. The summed E-state index contributed by atoms with van der Waals surface area (Å²) in [5, 5.41) is 8.72. The van der Waals surface area contributed by atoms with E-state index >= 15 is 0 Å². The molecule has 2 aliphatic carbocycles. The molecular weight excluding hydrogens is 504 g/mol. The number of amides is 1. The van der Waals surface area contributed by atoms with E-state index in [0.717, 1.165) is 36.6 Å². The maximum Gasteiger partial charge on any atom is 0.309 e. The number of sulfonamides is 1. The Balaban J connectivity index is 1.49. The fourth-order valence-electron chi connectivity index (χ4n) is 6.03. The number of carbonyl (C=O) groups excluding carboxylic acids is 1. The van der Waals surface area contributed by atoms with Crippen molar-refractivity contribution in [2.45, 2.75) is 44.9 Å². The molecule has 2 heterocycles. The molecule has 12 heteroatoms. The SMILES string of the molecule is CCN(C[C@@]12CC[C@@H](c3cc(-c4c(F)cccc4F)nnc31)C2(C)C)C(=O)c1coc(NS(C)(=O)=O)n1. The Morgan fingerprint density at radius 1 is 1.24 bits per heavy atom. The number of likely N-dealkylation sites (N-methyl/N-ethyl adjacent to an activating group) is 1. The Bertz CT molecular complexity index is 1490. The van der Waals surface area contributed by atoms with Crippen LogP contribution in [0.1, 0.15) is 61.3 Å². The number of rotatable bonds is 7. The first-order valence-corrected chi connectivity index (χ1v) is 13.8. The van der Waals surface area contributed by atoms with Crippen LogP contribution < -0.4 is 4.72 Å². The molecule has 196 valence electrons. The molecule has 0 unspecified atom stereocenters. The highest BCUT2D eigenvalue weighted by Gasteiger charge is 2.64. The summed E-state index contributed by atoms with van der Waals surface area (Å²) in [7, 11) is -3.61. The number of hydrogen-bond donors (Lipinski definition) is 1. The van der Waals surface area contributed by atoms with Gasteiger partial charge in [-0.3, -0.25) is 4.79 Å². The molecule has 0 radical (unpaired) electrons. The molecule has 2 atom stereocenters. The van der Waals surface area contributed by atoms with Crippen LogP contribution in [0.25, 0.3) is 11.3 Å². The third-order valence-corrected chi connectivity index (χ3v) is 8.51. The quantitative estimate of drug-likeness (QED) is 0.488. The number of nitrogens with zero attached hydrogens (tertiary/aromatic N) is 4. The number of halogens is 2. The molecule has 1 fully saturated rings. The lowest BCUT2D eigenvalue weighted by Gasteiger charge is -2.41. The minimum atomic E-state index is -3.61. The van der Waals surface area contributed by atoms with Crippen LogP contribution in [0, 0.1) is 17.0 Å². The van der Waals surface area contributed by atoms with E-state index in [1.54, 1.807) is 11.0 Å². The number of hydrogen-bond acceptors (Lipinski definition) is 7. The van der Waals surface area contributed by atoms with Gasteiger partial charge >= 0.3 is 6.01 Å². The summed E-state index contributed by atoms with van der Waals surface area (Å²) in [6.07, 6.45) is 3.68. The molecule has 2 bridgehead atoms. The van der Waals surface area contributed by atoms with Gasteiger partial charge < -0.3 is 9.32 Å². The first-order chi connectivity index (χ1) is 17.4. The van der Waals surface area contributed by atoms with Crippen LogP contribution in [0.2, 0.25) is 0 Å². The third kappa shape index (κ3) is 3.97. The van der Waals surface area contributed by atoms with Gasteiger partial charge in [0.15, 0.2) is 5.69 Å². The normalized spacial score (nSPS) is 21.6. The first-order valence-electron chi connectivity index (χ1n) is 11.9. The lowest BCUT2D eigenvalue weighted by molar-refractivity contribution is 0.0646. The van der Waals surface area contributed by atoms with Crippen LogP contribution >= 0.6 is 0 Å². The average molecular weight is 532 g/mol. The number of nitrogens with one attached hydrogen (secondary N) is 1. The second-order valence-corrected chi connectivity index (χ2v) is 12.0. The van der Waals surface area contributed by atoms with Crippen molar-refractivity contribution < 1.29 is 26.4 Å². The van der Waals surface area contributed by atoms with Gasteiger partial charge in [-0.15, -0.1) is 0 Å². The van der Waals surface area contributed by atoms with E-state index in [1.165, 1.54) is 18.2 Å². The van der Waals surface area contributed by atoms with Crippen LogP contribution in [-0.2, 0) is 15.4 Å². The summed E-state index contributed by atoms with van der Waals surface area (Å²) in [4.78, 5) is 19.0. The molecule has 1 aromatic carbocycles. The van der Waals surface area contributed by atoms with Gasteiger partial charge in [0.25, 0.3) is 5.91 Å². The Hall–Kier alpha value is -3.41. The molecule has 2 aromatic heterocycles. The lowest BCUT2D eigenvalue weighted by atomic mass is 9.68. The summed E-state index contributed by atoms with van der Waals surface area (Å²) >= 11 is 0. The van der Waals surface area contributed by atoms with Crippen LogP contribution in [0.15, 0.2) is 34.9 Å². The summed E-state index contributed by atoms with van der Waals surface area (Å²) < 4.78 is 59.1. The topological polar surface area (TPSA) is 118 Å². The zero-order valence-electron chi connectivity index (χ0n) is 20.9. The number of fused-ring (bicyclic) bond motifs is 5. The molecular formula is C25H27F2N5O4S. The molecule has 3 aromatic rings. The van der Waals surface area contributed by atoms with Crippen LogP contribution in [0.4, 0.5) is 14.8 Å². The predicted molar refractivity (Wildman–Crippen MR) is 131 cm³/mol. The fourth-order valence-corrected chi connectivity index (χ4v) is 6.44. The van der Waals surface area contributed by atoms with Gasteiger partial charge in [-0.05, 0) is 54.9 Å². The Labute approximate surface area is 213 Å². The third-order valence-electron chi connectivity index (χ3n) is 7.96. The van der Waals surface area contributed by atoms with Crippen LogP contribution in [-0.4, -0.2) is 53.8 Å². The number of aromatic nitrogens is 3. The van der Waals surface area contributed by atoms with Gasteiger partial charge in [0.1, 0.15) is 17.9 Å².